The van der Waals surface area contributed by atoms with Crippen LogP contribution in [0.15, 0.2) is 34.8 Å². The molecule has 1 unspecified atom stereocenters. The maximum Gasteiger partial charge on any atom is 0.0739 e. The van der Waals surface area contributed by atoms with Crippen LogP contribution < -0.4 is 0 Å². The van der Waals surface area contributed by atoms with Crippen LogP contribution in [0, 0.1) is 0 Å². The predicted molar refractivity (Wildman–Crippen MR) is 88.5 cm³/mol. The molecule has 1 aliphatic carbocycles. The predicted octanol–water partition coefficient (Wildman–Crippen LogP) is 4.54. The largest absolute Gasteiger partial charge is 0.389 e. The van der Waals surface area contributed by atoms with E-state index >= 15 is 0 Å². The highest BCUT2D eigenvalue weighted by Crippen LogP contribution is 2.34. The van der Waals surface area contributed by atoms with Crippen LogP contribution in [-0.2, 0) is 25.7 Å². The first-order valence-electron chi connectivity index (χ1n) is 7.15. The van der Waals surface area contributed by atoms with E-state index in [-0.39, 0.29) is 0 Å². The molecule has 1 N–H and O–H groups in total. The van der Waals surface area contributed by atoms with Gasteiger partial charge >= 0.3 is 0 Å². The van der Waals surface area contributed by atoms with Crippen LogP contribution in [0.3, 0.4) is 0 Å². The fourth-order valence-electron chi connectivity index (χ4n) is 2.99. The highest BCUT2D eigenvalue weighted by molar-refractivity contribution is 9.10. The van der Waals surface area contributed by atoms with Crippen molar-refractivity contribution in [2.24, 2.45) is 0 Å². The Morgan fingerprint density at radius 1 is 1.20 bits per heavy atom. The van der Waals surface area contributed by atoms with Gasteiger partial charge in [-0.05, 0) is 54.7 Å². The molecule has 0 saturated heterocycles. The summed E-state index contributed by atoms with van der Waals surface area (Å²) in [5, 5.41) is 10.9. The summed E-state index contributed by atoms with van der Waals surface area (Å²) in [6, 6.07) is 10.8. The van der Waals surface area contributed by atoms with Crippen molar-refractivity contribution in [2.75, 3.05) is 0 Å². The smallest absolute Gasteiger partial charge is 0.0739 e. The summed E-state index contributed by atoms with van der Waals surface area (Å²) in [7, 11) is 0. The van der Waals surface area contributed by atoms with E-state index in [2.05, 4.69) is 53.2 Å². The minimum atomic E-state index is -0.573. The Bertz CT molecular complexity index is 619. The molecule has 20 heavy (non-hydrogen) atoms. The third-order valence-corrected chi connectivity index (χ3v) is 5.84. The number of thiophene rings is 1. The third-order valence-electron chi connectivity index (χ3n) is 4.12. The summed E-state index contributed by atoms with van der Waals surface area (Å²) >= 11 is 5.36. The zero-order chi connectivity index (χ0) is 14.2. The quantitative estimate of drug-likeness (QED) is 0.861. The second-order valence-electron chi connectivity index (χ2n) is 5.71. The summed E-state index contributed by atoms with van der Waals surface area (Å²) in [4.78, 5) is 2.72. The molecule has 0 radical (unpaired) electrons. The van der Waals surface area contributed by atoms with Gasteiger partial charge in [-0.2, -0.15) is 0 Å². The van der Waals surface area contributed by atoms with Gasteiger partial charge in [0.15, 0.2) is 0 Å². The van der Waals surface area contributed by atoms with Gasteiger partial charge in [-0.25, -0.2) is 0 Å². The number of benzene rings is 1. The van der Waals surface area contributed by atoms with Crippen LogP contribution >= 0.6 is 27.3 Å². The highest BCUT2D eigenvalue weighted by atomic mass is 79.9. The maximum absolute atomic E-state index is 10.9. The average Bonchev–Trinajstić information content (AvgIpc) is 2.86. The first kappa shape index (κ1) is 14.3. The van der Waals surface area contributed by atoms with Crippen molar-refractivity contribution in [3.63, 3.8) is 0 Å². The molecular formula is C17H19BrOS. The van der Waals surface area contributed by atoms with E-state index in [1.165, 1.54) is 20.9 Å². The molecule has 0 fully saturated rings. The van der Waals surface area contributed by atoms with E-state index in [1.54, 1.807) is 0 Å². The van der Waals surface area contributed by atoms with Crippen molar-refractivity contribution < 1.29 is 5.11 Å². The molecule has 0 spiro atoms. The van der Waals surface area contributed by atoms with Gasteiger partial charge < -0.3 is 5.11 Å². The normalized spacial score (nSPS) is 21.8. The van der Waals surface area contributed by atoms with Crippen LogP contribution in [0.1, 0.15) is 34.2 Å². The van der Waals surface area contributed by atoms with Gasteiger partial charge in [0.05, 0.1) is 5.60 Å². The van der Waals surface area contributed by atoms with Crippen molar-refractivity contribution >= 4 is 27.3 Å². The summed E-state index contributed by atoms with van der Waals surface area (Å²) in [6.45, 7) is 2.18. The summed E-state index contributed by atoms with van der Waals surface area (Å²) in [5.74, 6) is 0. The number of rotatable bonds is 3. The van der Waals surface area contributed by atoms with Crippen LogP contribution in [0.5, 0.6) is 0 Å². The maximum atomic E-state index is 10.9. The van der Waals surface area contributed by atoms with Gasteiger partial charge in [0.2, 0.25) is 0 Å². The lowest BCUT2D eigenvalue weighted by molar-refractivity contribution is 0.0275. The third kappa shape index (κ3) is 3.00. The van der Waals surface area contributed by atoms with E-state index < -0.39 is 5.60 Å². The van der Waals surface area contributed by atoms with Gasteiger partial charge in [0, 0.05) is 27.1 Å². The van der Waals surface area contributed by atoms with Gasteiger partial charge in [-0.15, -0.1) is 11.3 Å². The average molecular weight is 351 g/mol. The van der Waals surface area contributed by atoms with Crippen molar-refractivity contribution in [2.45, 2.75) is 44.6 Å². The topological polar surface area (TPSA) is 20.2 Å². The fourth-order valence-corrected chi connectivity index (χ4v) is 4.50. The molecule has 106 valence electrons. The van der Waals surface area contributed by atoms with Gasteiger partial charge in [-0.1, -0.05) is 28.9 Å². The molecule has 1 aromatic carbocycles. The van der Waals surface area contributed by atoms with E-state index in [1.807, 2.05) is 11.3 Å². The molecule has 0 bridgehead atoms. The summed E-state index contributed by atoms with van der Waals surface area (Å²) < 4.78 is 1.13. The van der Waals surface area contributed by atoms with E-state index in [0.29, 0.717) is 0 Å². The SMILES string of the molecule is CCc1ccc(CC2(O)CCc3cc(Br)ccc3C2)s1. The molecule has 1 aliphatic rings. The zero-order valence-corrected chi connectivity index (χ0v) is 14.1. The monoisotopic (exact) mass is 350 g/mol. The second-order valence-corrected chi connectivity index (χ2v) is 7.88. The Morgan fingerprint density at radius 2 is 2.00 bits per heavy atom. The second kappa shape index (κ2) is 5.63. The number of halogens is 1. The Morgan fingerprint density at radius 3 is 2.75 bits per heavy atom. The van der Waals surface area contributed by atoms with Gasteiger partial charge in [0.25, 0.3) is 0 Å². The number of hydrogen-bond acceptors (Lipinski definition) is 2. The first-order chi connectivity index (χ1) is 9.58. The molecule has 0 aliphatic heterocycles. The van der Waals surface area contributed by atoms with E-state index in [0.717, 1.165) is 36.6 Å². The molecular weight excluding hydrogens is 332 g/mol. The lowest BCUT2D eigenvalue weighted by Gasteiger charge is -2.33. The lowest BCUT2D eigenvalue weighted by atomic mass is 9.78. The molecule has 1 aromatic heterocycles. The number of aliphatic hydroxyl groups is 1. The van der Waals surface area contributed by atoms with Crippen molar-refractivity contribution in [3.8, 4) is 0 Å². The molecule has 0 amide bonds. The summed E-state index contributed by atoms with van der Waals surface area (Å²) in [6.07, 6.45) is 4.47. The molecule has 3 heteroatoms. The highest BCUT2D eigenvalue weighted by Gasteiger charge is 2.32. The van der Waals surface area contributed by atoms with E-state index in [4.69, 9.17) is 0 Å². The Kier molecular flexibility index (Phi) is 4.02. The molecule has 2 aromatic rings. The van der Waals surface area contributed by atoms with Crippen molar-refractivity contribution in [1.29, 1.82) is 0 Å². The number of fused-ring (bicyclic) bond motifs is 1. The number of hydrogen-bond donors (Lipinski definition) is 1. The van der Waals surface area contributed by atoms with Crippen LogP contribution in [0.2, 0.25) is 0 Å². The summed E-state index contributed by atoms with van der Waals surface area (Å²) in [5.41, 5.74) is 2.11. The minimum absolute atomic E-state index is 0.573. The van der Waals surface area contributed by atoms with Crippen molar-refractivity contribution in [1.82, 2.24) is 0 Å². The van der Waals surface area contributed by atoms with Crippen LogP contribution in [0.25, 0.3) is 0 Å². The molecule has 0 saturated carbocycles. The fraction of sp³-hybridized carbons (Fsp3) is 0.412. The number of aryl methyl sites for hydroxylation is 2. The van der Waals surface area contributed by atoms with Gasteiger partial charge in [0.1, 0.15) is 0 Å². The van der Waals surface area contributed by atoms with E-state index in [9.17, 15) is 5.11 Å². The van der Waals surface area contributed by atoms with Crippen LogP contribution in [0.4, 0.5) is 0 Å². The molecule has 1 nitrogen and oxygen atoms in total. The zero-order valence-electron chi connectivity index (χ0n) is 11.7. The molecule has 3 rings (SSSR count). The molecule has 1 atom stereocenters. The van der Waals surface area contributed by atoms with Gasteiger partial charge in [-0.3, -0.25) is 0 Å². The Balaban J connectivity index is 1.78. The van der Waals surface area contributed by atoms with Crippen LogP contribution in [-0.4, -0.2) is 10.7 Å². The van der Waals surface area contributed by atoms with Crippen molar-refractivity contribution in [3.05, 3.63) is 55.7 Å². The minimum Gasteiger partial charge on any atom is -0.389 e. The lowest BCUT2D eigenvalue weighted by Crippen LogP contribution is -2.37. The first-order valence-corrected chi connectivity index (χ1v) is 8.76. The Hall–Kier alpha value is -0.640. The molecule has 1 heterocycles. The standard InChI is InChI=1S/C17H19BrOS/c1-2-15-5-6-16(20-15)11-17(19)8-7-12-9-14(18)4-3-13(12)10-17/h3-6,9,19H,2,7-8,10-11H2,1H3. The Labute approximate surface area is 132 Å².